The smallest absolute Gasteiger partial charge is 0.358 e. The van der Waals surface area contributed by atoms with Gasteiger partial charge in [-0.1, -0.05) is 11.3 Å². The Bertz CT molecular complexity index is 570. The predicted octanol–water partition coefficient (Wildman–Crippen LogP) is 1.10. The molecular formula is C10H13N5O2S. The molecule has 0 atom stereocenters. The van der Waals surface area contributed by atoms with Crippen molar-refractivity contribution in [2.45, 2.75) is 6.42 Å². The van der Waals surface area contributed by atoms with E-state index in [1.807, 2.05) is 10.3 Å². The molecule has 0 bridgehead atoms. The van der Waals surface area contributed by atoms with Crippen LogP contribution in [0.15, 0.2) is 11.6 Å². The summed E-state index contributed by atoms with van der Waals surface area (Å²) in [7, 11) is 0. The Balaban J connectivity index is 2.06. The number of hydrogen-bond donors (Lipinski definition) is 1. The van der Waals surface area contributed by atoms with Gasteiger partial charge in [-0.2, -0.15) is 9.38 Å². The van der Waals surface area contributed by atoms with Crippen LogP contribution in [-0.4, -0.2) is 40.5 Å². The number of nitrogens with one attached hydrogen (secondary N) is 1. The minimum Gasteiger partial charge on any atom is -0.358 e. The molecule has 0 radical (unpaired) electrons. The van der Waals surface area contributed by atoms with Gasteiger partial charge >= 0.3 is 5.82 Å². The molecule has 1 aliphatic rings. The number of nitro groups is 1. The van der Waals surface area contributed by atoms with Crippen molar-refractivity contribution in [3.63, 3.8) is 0 Å². The van der Waals surface area contributed by atoms with Crippen LogP contribution in [-0.2, 0) is 0 Å². The highest BCUT2D eigenvalue weighted by molar-refractivity contribution is 7.15. The molecule has 2 aromatic rings. The first-order chi connectivity index (χ1) is 8.77. The van der Waals surface area contributed by atoms with E-state index in [4.69, 9.17) is 0 Å². The lowest BCUT2D eigenvalue weighted by Gasteiger charge is -2.18. The monoisotopic (exact) mass is 267 g/mol. The highest BCUT2D eigenvalue weighted by atomic mass is 32.1. The summed E-state index contributed by atoms with van der Waals surface area (Å²) in [6, 6.07) is 0. The zero-order chi connectivity index (χ0) is 12.5. The summed E-state index contributed by atoms with van der Waals surface area (Å²) >= 11 is 1.41. The van der Waals surface area contributed by atoms with Crippen LogP contribution in [0.3, 0.4) is 0 Å². The van der Waals surface area contributed by atoms with Gasteiger partial charge in [-0.3, -0.25) is 0 Å². The summed E-state index contributed by atoms with van der Waals surface area (Å²) in [5.74, 6) is 0.573. The van der Waals surface area contributed by atoms with Crippen LogP contribution >= 0.6 is 11.3 Å². The molecule has 8 heteroatoms. The van der Waals surface area contributed by atoms with E-state index in [0.29, 0.717) is 10.8 Å². The van der Waals surface area contributed by atoms with Crippen LogP contribution in [0.4, 0.5) is 11.6 Å². The normalized spacial score (nSPS) is 17.0. The Hall–Kier alpha value is -1.67. The summed E-state index contributed by atoms with van der Waals surface area (Å²) in [6.45, 7) is 3.35. The van der Waals surface area contributed by atoms with Crippen molar-refractivity contribution in [3.05, 3.63) is 21.7 Å². The second kappa shape index (κ2) is 4.54. The molecule has 0 saturated carbocycles. The minimum atomic E-state index is -0.347. The molecule has 1 fully saturated rings. The molecule has 0 amide bonds. The van der Waals surface area contributed by atoms with Crippen molar-refractivity contribution in [1.29, 1.82) is 0 Å². The highest BCUT2D eigenvalue weighted by Crippen LogP contribution is 2.31. The Morgan fingerprint density at radius 1 is 1.44 bits per heavy atom. The third-order valence-corrected chi connectivity index (χ3v) is 3.79. The van der Waals surface area contributed by atoms with E-state index in [2.05, 4.69) is 10.3 Å². The number of thiazole rings is 1. The summed E-state index contributed by atoms with van der Waals surface area (Å²) in [6.07, 6.45) is 2.67. The van der Waals surface area contributed by atoms with E-state index >= 15 is 0 Å². The molecule has 2 aromatic heterocycles. The summed E-state index contributed by atoms with van der Waals surface area (Å²) in [5.41, 5.74) is 0. The number of nitrogens with zero attached hydrogens (tertiary/aromatic N) is 4. The molecule has 3 heterocycles. The summed E-state index contributed by atoms with van der Waals surface area (Å²) in [5, 5.41) is 16.3. The molecule has 0 unspecified atom stereocenters. The van der Waals surface area contributed by atoms with Crippen molar-refractivity contribution in [2.75, 3.05) is 31.1 Å². The number of rotatable bonds is 2. The van der Waals surface area contributed by atoms with Gasteiger partial charge in [0.25, 0.3) is 4.96 Å². The van der Waals surface area contributed by atoms with Crippen molar-refractivity contribution >= 4 is 27.9 Å². The van der Waals surface area contributed by atoms with Crippen molar-refractivity contribution in [3.8, 4) is 0 Å². The Morgan fingerprint density at radius 3 is 3.17 bits per heavy atom. The van der Waals surface area contributed by atoms with Crippen LogP contribution in [0.25, 0.3) is 4.96 Å². The average molecular weight is 267 g/mol. The first-order valence-electron chi connectivity index (χ1n) is 5.83. The van der Waals surface area contributed by atoms with Crippen molar-refractivity contribution in [2.24, 2.45) is 0 Å². The summed E-state index contributed by atoms with van der Waals surface area (Å²) in [4.78, 5) is 18.0. The minimum absolute atomic E-state index is 0.0770. The zero-order valence-corrected chi connectivity index (χ0v) is 10.5. The van der Waals surface area contributed by atoms with E-state index in [1.165, 1.54) is 11.3 Å². The zero-order valence-electron chi connectivity index (χ0n) is 9.70. The van der Waals surface area contributed by atoms with Gasteiger partial charge in [-0.25, -0.2) is 0 Å². The molecule has 0 spiro atoms. The number of anilines is 1. The van der Waals surface area contributed by atoms with Crippen LogP contribution in [0.1, 0.15) is 6.42 Å². The lowest BCUT2D eigenvalue weighted by Crippen LogP contribution is -2.28. The molecule has 1 aliphatic heterocycles. The maximum absolute atomic E-state index is 11.2. The standard InChI is InChI=1S/C10H13N5O2S/c16-15(17)9-8(12-10-14(9)6-7-18-10)13-4-1-2-11-3-5-13/h6-7,11H,1-5H2. The average Bonchev–Trinajstić information content (AvgIpc) is 2.79. The van der Waals surface area contributed by atoms with Crippen LogP contribution in [0.2, 0.25) is 0 Å². The second-order valence-electron chi connectivity index (χ2n) is 4.16. The van der Waals surface area contributed by atoms with E-state index in [0.717, 1.165) is 32.6 Å². The SMILES string of the molecule is O=[N+]([O-])c1c(N2CCCNCC2)nc2sccn12. The molecule has 0 aliphatic carbocycles. The van der Waals surface area contributed by atoms with Gasteiger partial charge in [0.1, 0.15) is 6.20 Å². The molecule has 7 nitrogen and oxygen atoms in total. The van der Waals surface area contributed by atoms with Gasteiger partial charge in [-0.05, 0) is 17.9 Å². The quantitative estimate of drug-likeness (QED) is 0.651. The first-order valence-corrected chi connectivity index (χ1v) is 6.71. The third-order valence-electron chi connectivity index (χ3n) is 3.03. The van der Waals surface area contributed by atoms with Gasteiger partial charge in [0.15, 0.2) is 0 Å². The van der Waals surface area contributed by atoms with E-state index in [1.54, 1.807) is 10.6 Å². The fourth-order valence-electron chi connectivity index (χ4n) is 2.20. The van der Waals surface area contributed by atoms with E-state index in [-0.39, 0.29) is 10.7 Å². The fourth-order valence-corrected chi connectivity index (χ4v) is 2.91. The number of aromatic nitrogens is 2. The first kappa shape index (κ1) is 11.4. The maximum Gasteiger partial charge on any atom is 0.373 e. The molecule has 1 N–H and O–H groups in total. The fraction of sp³-hybridized carbons (Fsp3) is 0.500. The van der Waals surface area contributed by atoms with Crippen LogP contribution in [0.5, 0.6) is 0 Å². The van der Waals surface area contributed by atoms with Crippen molar-refractivity contribution < 1.29 is 4.92 Å². The van der Waals surface area contributed by atoms with Gasteiger partial charge in [0.05, 0.1) is 0 Å². The van der Waals surface area contributed by atoms with Gasteiger partial charge in [0.2, 0.25) is 5.82 Å². The summed E-state index contributed by atoms with van der Waals surface area (Å²) < 4.78 is 1.55. The van der Waals surface area contributed by atoms with Crippen molar-refractivity contribution in [1.82, 2.24) is 14.7 Å². The number of imidazole rings is 1. The maximum atomic E-state index is 11.2. The lowest BCUT2D eigenvalue weighted by molar-refractivity contribution is -0.389. The lowest BCUT2D eigenvalue weighted by atomic mass is 10.4. The van der Waals surface area contributed by atoms with E-state index < -0.39 is 0 Å². The van der Waals surface area contributed by atoms with Gasteiger partial charge in [-0.15, -0.1) is 0 Å². The molecule has 18 heavy (non-hydrogen) atoms. The third kappa shape index (κ3) is 1.83. The Morgan fingerprint density at radius 2 is 2.33 bits per heavy atom. The molecule has 1 saturated heterocycles. The topological polar surface area (TPSA) is 75.7 Å². The van der Waals surface area contributed by atoms with E-state index in [9.17, 15) is 10.1 Å². The Labute approximate surface area is 107 Å². The van der Waals surface area contributed by atoms with Crippen LogP contribution < -0.4 is 10.2 Å². The Kier molecular flexibility index (Phi) is 2.88. The second-order valence-corrected chi connectivity index (χ2v) is 5.04. The van der Waals surface area contributed by atoms with Gasteiger partial charge < -0.3 is 20.3 Å². The molecule has 0 aromatic carbocycles. The predicted molar refractivity (Wildman–Crippen MR) is 69.4 cm³/mol. The molecule has 96 valence electrons. The molecular weight excluding hydrogens is 254 g/mol. The number of hydrogen-bond acceptors (Lipinski definition) is 6. The number of fused-ring (bicyclic) bond motifs is 1. The highest BCUT2D eigenvalue weighted by Gasteiger charge is 2.28. The van der Waals surface area contributed by atoms with Gasteiger partial charge in [0, 0.05) is 25.0 Å². The van der Waals surface area contributed by atoms with Crippen LogP contribution in [0, 0.1) is 10.1 Å². The largest absolute Gasteiger partial charge is 0.373 e. The molecule has 3 rings (SSSR count).